The van der Waals surface area contributed by atoms with Crippen molar-refractivity contribution in [1.29, 1.82) is 0 Å². The lowest BCUT2D eigenvalue weighted by Gasteiger charge is -2.25. The standard InChI is InChI=1S/C14H22BrNO/c1-5-16-9-14(3,4)10-17-12-6-7-13(15)11(2)8-12/h6-8,16H,5,9-10H2,1-4H3. The number of nitrogens with one attached hydrogen (secondary N) is 1. The van der Waals surface area contributed by atoms with Gasteiger partial charge < -0.3 is 10.1 Å². The maximum Gasteiger partial charge on any atom is 0.119 e. The van der Waals surface area contributed by atoms with E-state index < -0.39 is 0 Å². The van der Waals surface area contributed by atoms with Gasteiger partial charge >= 0.3 is 0 Å². The molecule has 0 fully saturated rings. The van der Waals surface area contributed by atoms with E-state index in [1.807, 2.05) is 12.1 Å². The SMILES string of the molecule is CCNCC(C)(C)COc1ccc(Br)c(C)c1. The highest BCUT2D eigenvalue weighted by Crippen LogP contribution is 2.23. The van der Waals surface area contributed by atoms with E-state index in [0.29, 0.717) is 0 Å². The van der Waals surface area contributed by atoms with Crippen molar-refractivity contribution in [3.63, 3.8) is 0 Å². The summed E-state index contributed by atoms with van der Waals surface area (Å²) < 4.78 is 6.96. The van der Waals surface area contributed by atoms with Crippen LogP contribution in [0.15, 0.2) is 22.7 Å². The molecular weight excluding hydrogens is 278 g/mol. The second kappa shape index (κ2) is 6.41. The van der Waals surface area contributed by atoms with Crippen molar-refractivity contribution in [1.82, 2.24) is 5.32 Å². The largest absolute Gasteiger partial charge is 0.493 e. The summed E-state index contributed by atoms with van der Waals surface area (Å²) in [4.78, 5) is 0. The molecule has 1 N–H and O–H groups in total. The zero-order valence-electron chi connectivity index (χ0n) is 11.1. The van der Waals surface area contributed by atoms with Crippen LogP contribution in [-0.2, 0) is 0 Å². The van der Waals surface area contributed by atoms with Gasteiger partial charge in [0.25, 0.3) is 0 Å². The predicted molar refractivity (Wildman–Crippen MR) is 76.7 cm³/mol. The molecular formula is C14H22BrNO. The Morgan fingerprint density at radius 3 is 2.65 bits per heavy atom. The molecule has 0 heterocycles. The molecule has 17 heavy (non-hydrogen) atoms. The highest BCUT2D eigenvalue weighted by Gasteiger charge is 2.18. The van der Waals surface area contributed by atoms with Crippen LogP contribution in [0.3, 0.4) is 0 Å². The van der Waals surface area contributed by atoms with Crippen LogP contribution in [0.25, 0.3) is 0 Å². The summed E-state index contributed by atoms with van der Waals surface area (Å²) in [6, 6.07) is 6.09. The van der Waals surface area contributed by atoms with E-state index in [2.05, 4.69) is 55.0 Å². The summed E-state index contributed by atoms with van der Waals surface area (Å²) in [7, 11) is 0. The number of rotatable bonds is 6. The molecule has 0 saturated carbocycles. The van der Waals surface area contributed by atoms with Gasteiger partial charge in [0.05, 0.1) is 6.61 Å². The fourth-order valence-electron chi connectivity index (χ4n) is 1.50. The van der Waals surface area contributed by atoms with Crippen molar-refractivity contribution in [3.8, 4) is 5.75 Å². The molecule has 0 atom stereocenters. The van der Waals surface area contributed by atoms with Crippen molar-refractivity contribution in [2.45, 2.75) is 27.7 Å². The molecule has 0 aliphatic heterocycles. The van der Waals surface area contributed by atoms with E-state index in [-0.39, 0.29) is 5.41 Å². The number of ether oxygens (including phenoxy) is 1. The number of hydrogen-bond donors (Lipinski definition) is 1. The quantitative estimate of drug-likeness (QED) is 0.863. The third-order valence-electron chi connectivity index (χ3n) is 2.61. The van der Waals surface area contributed by atoms with Crippen LogP contribution in [0, 0.1) is 12.3 Å². The van der Waals surface area contributed by atoms with Gasteiger partial charge in [-0.15, -0.1) is 0 Å². The van der Waals surface area contributed by atoms with Crippen molar-refractivity contribution in [2.24, 2.45) is 5.41 Å². The highest BCUT2D eigenvalue weighted by atomic mass is 79.9. The minimum absolute atomic E-state index is 0.150. The van der Waals surface area contributed by atoms with Gasteiger partial charge in [-0.3, -0.25) is 0 Å². The average molecular weight is 300 g/mol. The Morgan fingerprint density at radius 1 is 1.35 bits per heavy atom. The molecule has 1 aromatic rings. The van der Waals surface area contributed by atoms with E-state index in [9.17, 15) is 0 Å². The monoisotopic (exact) mass is 299 g/mol. The first-order valence-electron chi connectivity index (χ1n) is 6.04. The van der Waals surface area contributed by atoms with Crippen LogP contribution in [0.5, 0.6) is 5.75 Å². The van der Waals surface area contributed by atoms with Gasteiger partial charge in [-0.2, -0.15) is 0 Å². The van der Waals surface area contributed by atoms with Crippen LogP contribution in [0.1, 0.15) is 26.3 Å². The zero-order valence-corrected chi connectivity index (χ0v) is 12.7. The van der Waals surface area contributed by atoms with Gasteiger partial charge in [0.2, 0.25) is 0 Å². The van der Waals surface area contributed by atoms with E-state index >= 15 is 0 Å². The molecule has 0 aromatic heterocycles. The van der Waals surface area contributed by atoms with E-state index in [4.69, 9.17) is 4.74 Å². The predicted octanol–water partition coefficient (Wildman–Crippen LogP) is 3.77. The second-order valence-electron chi connectivity index (χ2n) is 5.14. The molecule has 1 aromatic carbocycles. The third kappa shape index (κ3) is 5.09. The van der Waals surface area contributed by atoms with Gasteiger partial charge in [-0.1, -0.05) is 36.7 Å². The molecule has 1 rings (SSSR count). The Morgan fingerprint density at radius 2 is 2.06 bits per heavy atom. The van der Waals surface area contributed by atoms with Crippen LogP contribution in [0.2, 0.25) is 0 Å². The second-order valence-corrected chi connectivity index (χ2v) is 6.00. The molecule has 0 saturated heterocycles. The number of aryl methyl sites for hydroxylation is 1. The van der Waals surface area contributed by atoms with E-state index in [0.717, 1.165) is 29.9 Å². The van der Waals surface area contributed by atoms with Crippen LogP contribution in [-0.4, -0.2) is 19.7 Å². The third-order valence-corrected chi connectivity index (χ3v) is 3.50. The minimum Gasteiger partial charge on any atom is -0.493 e. The summed E-state index contributed by atoms with van der Waals surface area (Å²) in [6.45, 7) is 11.3. The summed E-state index contributed by atoms with van der Waals surface area (Å²) in [6.07, 6.45) is 0. The van der Waals surface area contributed by atoms with Gasteiger partial charge in [-0.05, 0) is 37.2 Å². The molecule has 0 unspecified atom stereocenters. The molecule has 0 bridgehead atoms. The molecule has 0 radical (unpaired) electrons. The summed E-state index contributed by atoms with van der Waals surface area (Å²) in [5, 5.41) is 3.36. The van der Waals surface area contributed by atoms with Crippen molar-refractivity contribution < 1.29 is 4.74 Å². The Hall–Kier alpha value is -0.540. The fraction of sp³-hybridized carbons (Fsp3) is 0.571. The Kier molecular flexibility index (Phi) is 5.47. The van der Waals surface area contributed by atoms with Crippen LogP contribution in [0.4, 0.5) is 0 Å². The smallest absolute Gasteiger partial charge is 0.119 e. The first kappa shape index (κ1) is 14.5. The van der Waals surface area contributed by atoms with Crippen LogP contribution < -0.4 is 10.1 Å². The molecule has 0 aliphatic carbocycles. The van der Waals surface area contributed by atoms with Crippen molar-refractivity contribution >= 4 is 15.9 Å². The Balaban J connectivity index is 2.51. The Bertz CT molecular complexity index is 363. The number of benzene rings is 1. The van der Waals surface area contributed by atoms with Crippen molar-refractivity contribution in [2.75, 3.05) is 19.7 Å². The minimum atomic E-state index is 0.150. The first-order chi connectivity index (χ1) is 7.94. The zero-order chi connectivity index (χ0) is 12.9. The topological polar surface area (TPSA) is 21.3 Å². The molecule has 96 valence electrons. The Labute approximate surface area is 113 Å². The van der Waals surface area contributed by atoms with E-state index in [1.54, 1.807) is 0 Å². The lowest BCUT2D eigenvalue weighted by atomic mass is 9.95. The summed E-state index contributed by atoms with van der Waals surface area (Å²) in [5.74, 6) is 0.940. The lowest BCUT2D eigenvalue weighted by molar-refractivity contribution is 0.177. The summed E-state index contributed by atoms with van der Waals surface area (Å²) in [5.41, 5.74) is 1.35. The molecule has 0 aliphatic rings. The van der Waals surface area contributed by atoms with Crippen molar-refractivity contribution in [3.05, 3.63) is 28.2 Å². The summed E-state index contributed by atoms with van der Waals surface area (Å²) >= 11 is 3.49. The molecule has 2 nitrogen and oxygen atoms in total. The van der Waals surface area contributed by atoms with Crippen LogP contribution >= 0.6 is 15.9 Å². The normalized spacial score (nSPS) is 11.6. The molecule has 3 heteroatoms. The molecule has 0 spiro atoms. The van der Waals surface area contributed by atoms with Gasteiger partial charge in [0.15, 0.2) is 0 Å². The van der Waals surface area contributed by atoms with Gasteiger partial charge in [-0.25, -0.2) is 0 Å². The maximum atomic E-state index is 5.84. The maximum absolute atomic E-state index is 5.84. The lowest BCUT2D eigenvalue weighted by Crippen LogP contribution is -2.34. The fourth-order valence-corrected chi connectivity index (χ4v) is 1.75. The molecule has 0 amide bonds. The number of halogens is 1. The van der Waals surface area contributed by atoms with Gasteiger partial charge in [0, 0.05) is 16.4 Å². The average Bonchev–Trinajstić information content (AvgIpc) is 2.28. The van der Waals surface area contributed by atoms with E-state index in [1.165, 1.54) is 5.56 Å². The highest BCUT2D eigenvalue weighted by molar-refractivity contribution is 9.10. The number of hydrogen-bond acceptors (Lipinski definition) is 2. The van der Waals surface area contributed by atoms with Gasteiger partial charge in [0.1, 0.15) is 5.75 Å². The first-order valence-corrected chi connectivity index (χ1v) is 6.83.